The van der Waals surface area contributed by atoms with Gasteiger partial charge in [0.2, 0.25) is 0 Å². The molecule has 0 bridgehead atoms. The van der Waals surface area contributed by atoms with Crippen LogP contribution in [-0.2, 0) is 10.0 Å². The molecule has 18 heavy (non-hydrogen) atoms. The molecule has 0 aliphatic carbocycles. The highest BCUT2D eigenvalue weighted by atomic mass is 32.2. The maximum Gasteiger partial charge on any atom is 0.355 e. The number of rotatable bonds is 6. The molecule has 0 amide bonds. The van der Waals surface area contributed by atoms with Crippen molar-refractivity contribution in [1.29, 1.82) is 0 Å². The van der Waals surface area contributed by atoms with Crippen molar-refractivity contribution in [3.63, 3.8) is 0 Å². The van der Waals surface area contributed by atoms with Gasteiger partial charge in [-0.25, -0.2) is 8.42 Å². The zero-order valence-corrected chi connectivity index (χ0v) is 10.8. The van der Waals surface area contributed by atoms with E-state index in [-0.39, 0.29) is 18.8 Å². The Kier molecular flexibility index (Phi) is 5.03. The average Bonchev–Trinajstić information content (AvgIpc) is 2.29. The molecule has 1 aromatic rings. The minimum atomic E-state index is -4.64. The van der Waals surface area contributed by atoms with Crippen LogP contribution in [0.3, 0.4) is 0 Å². The molecule has 7 heteroatoms. The summed E-state index contributed by atoms with van der Waals surface area (Å²) in [5.41, 5.74) is 6.34. The van der Waals surface area contributed by atoms with E-state index in [1.165, 1.54) is 6.07 Å². The summed E-state index contributed by atoms with van der Waals surface area (Å²) in [6.07, 6.45) is 0.319. The third-order valence-electron chi connectivity index (χ3n) is 2.39. The molecule has 0 aromatic heterocycles. The number of aryl methyl sites for hydroxylation is 1. The van der Waals surface area contributed by atoms with E-state index in [1.54, 1.807) is 25.1 Å². The van der Waals surface area contributed by atoms with Crippen LogP contribution in [0.15, 0.2) is 24.3 Å². The normalized spacial score (nSPS) is 11.8. The predicted octanol–water partition coefficient (Wildman–Crippen LogP) is 1.70. The van der Waals surface area contributed by atoms with Gasteiger partial charge in [0.05, 0.1) is 5.69 Å². The Bertz CT molecular complexity index is 492. The van der Waals surface area contributed by atoms with E-state index >= 15 is 0 Å². The van der Waals surface area contributed by atoms with E-state index in [0.717, 1.165) is 9.87 Å². The molecule has 0 radical (unpaired) electrons. The lowest BCUT2D eigenvalue weighted by molar-refractivity contribution is 0.234. The molecule has 1 aromatic carbocycles. The highest BCUT2D eigenvalue weighted by Gasteiger charge is 2.31. The van der Waals surface area contributed by atoms with E-state index in [2.05, 4.69) is 0 Å². The second-order valence-electron chi connectivity index (χ2n) is 3.86. The molecule has 0 unspecified atom stereocenters. The molecule has 1 rings (SSSR count). The fourth-order valence-electron chi connectivity index (χ4n) is 1.52. The van der Waals surface area contributed by atoms with Crippen LogP contribution in [0.5, 0.6) is 0 Å². The van der Waals surface area contributed by atoms with Crippen molar-refractivity contribution in [3.05, 3.63) is 29.8 Å². The van der Waals surface area contributed by atoms with Crippen LogP contribution in [0, 0.1) is 6.92 Å². The summed E-state index contributed by atoms with van der Waals surface area (Å²) >= 11 is 0. The smallest absolute Gasteiger partial charge is 0.330 e. The summed E-state index contributed by atoms with van der Waals surface area (Å²) in [6, 6.07) is 6.43. The van der Waals surface area contributed by atoms with Gasteiger partial charge in [-0.1, -0.05) is 12.1 Å². The Balaban J connectivity index is 3.14. The van der Waals surface area contributed by atoms with E-state index in [0.29, 0.717) is 6.42 Å². The lowest BCUT2D eigenvalue weighted by atomic mass is 10.2. The lowest BCUT2D eigenvalue weighted by Gasteiger charge is -2.24. The van der Waals surface area contributed by atoms with Gasteiger partial charge in [-0.15, -0.1) is 0 Å². The van der Waals surface area contributed by atoms with Gasteiger partial charge in [0.25, 0.3) is 10.0 Å². The number of hydrogen-bond donors (Lipinski definition) is 1. The molecule has 0 heterocycles. The molecular weight excluding hydrogens is 262 g/mol. The number of alkyl halides is 2. The highest BCUT2D eigenvalue weighted by Crippen LogP contribution is 2.23. The molecular formula is C11H16F2N2O2S. The first-order chi connectivity index (χ1) is 8.39. The van der Waals surface area contributed by atoms with Gasteiger partial charge < -0.3 is 5.73 Å². The van der Waals surface area contributed by atoms with Crippen LogP contribution in [0.2, 0.25) is 0 Å². The Morgan fingerprint density at radius 2 is 2.06 bits per heavy atom. The van der Waals surface area contributed by atoms with Crippen molar-refractivity contribution >= 4 is 15.7 Å². The number of nitrogens with two attached hydrogens (primary N) is 1. The number of nitrogens with zero attached hydrogens (tertiary/aromatic N) is 1. The molecule has 0 fully saturated rings. The molecule has 102 valence electrons. The van der Waals surface area contributed by atoms with Crippen LogP contribution < -0.4 is 10.0 Å². The van der Waals surface area contributed by atoms with Crippen LogP contribution in [-0.4, -0.2) is 27.3 Å². The Labute approximate surface area is 105 Å². The second kappa shape index (κ2) is 6.10. The molecule has 2 N–H and O–H groups in total. The first-order valence-corrected chi connectivity index (χ1v) is 6.96. The summed E-state index contributed by atoms with van der Waals surface area (Å²) in [5.74, 6) is -3.43. The average molecular weight is 278 g/mol. The van der Waals surface area contributed by atoms with Gasteiger partial charge in [0.15, 0.2) is 0 Å². The van der Waals surface area contributed by atoms with Crippen molar-refractivity contribution in [1.82, 2.24) is 0 Å². The molecule has 0 saturated heterocycles. The van der Waals surface area contributed by atoms with Gasteiger partial charge in [-0.3, -0.25) is 4.31 Å². The first kappa shape index (κ1) is 14.8. The zero-order valence-electron chi connectivity index (χ0n) is 10.0. The van der Waals surface area contributed by atoms with Crippen LogP contribution in [0.4, 0.5) is 14.5 Å². The minimum Gasteiger partial charge on any atom is -0.330 e. The van der Waals surface area contributed by atoms with Crippen molar-refractivity contribution in [2.45, 2.75) is 19.1 Å². The molecule has 0 atom stereocenters. The number of sulfonamides is 1. The fourth-order valence-corrected chi connectivity index (χ4v) is 2.50. The second-order valence-corrected chi connectivity index (χ2v) is 5.69. The zero-order chi connectivity index (χ0) is 13.8. The van der Waals surface area contributed by atoms with Crippen molar-refractivity contribution in [3.8, 4) is 0 Å². The van der Waals surface area contributed by atoms with Gasteiger partial charge >= 0.3 is 5.76 Å². The summed E-state index contributed by atoms with van der Waals surface area (Å²) in [4.78, 5) is 0. The minimum absolute atomic E-state index is 0.0490. The summed E-state index contributed by atoms with van der Waals surface area (Å²) in [6.45, 7) is 1.95. The quantitative estimate of drug-likeness (QED) is 0.861. The highest BCUT2D eigenvalue weighted by molar-refractivity contribution is 7.93. The lowest BCUT2D eigenvalue weighted by Crippen LogP contribution is -2.37. The number of anilines is 1. The standard InChI is InChI=1S/C11H16F2N2O2S/c1-9-4-2-5-10(8-9)15(7-3-6-14)18(16,17)11(12)13/h2,4-5,8,11H,3,6-7,14H2,1H3. The van der Waals surface area contributed by atoms with Crippen molar-refractivity contribution < 1.29 is 17.2 Å². The van der Waals surface area contributed by atoms with Gasteiger partial charge in [0, 0.05) is 6.54 Å². The SMILES string of the molecule is Cc1cccc(N(CCCN)S(=O)(=O)C(F)F)c1. The Hall–Kier alpha value is -1.21. The summed E-state index contributed by atoms with van der Waals surface area (Å²) in [5, 5.41) is 0. The maximum atomic E-state index is 12.6. The van der Waals surface area contributed by atoms with E-state index < -0.39 is 15.8 Å². The van der Waals surface area contributed by atoms with Gasteiger partial charge in [-0.2, -0.15) is 8.78 Å². The fraction of sp³-hybridized carbons (Fsp3) is 0.455. The van der Waals surface area contributed by atoms with Gasteiger partial charge in [-0.05, 0) is 37.6 Å². The predicted molar refractivity (Wildman–Crippen MR) is 67.1 cm³/mol. The largest absolute Gasteiger partial charge is 0.355 e. The first-order valence-electron chi connectivity index (χ1n) is 5.46. The number of halogens is 2. The molecule has 0 spiro atoms. The molecule has 0 aliphatic rings. The Morgan fingerprint density at radius 1 is 1.39 bits per heavy atom. The topological polar surface area (TPSA) is 63.4 Å². The summed E-state index contributed by atoms with van der Waals surface area (Å²) < 4.78 is 49.1. The van der Waals surface area contributed by atoms with Crippen molar-refractivity contribution in [2.24, 2.45) is 5.73 Å². The molecule has 0 saturated carbocycles. The molecule has 0 aliphatic heterocycles. The van der Waals surface area contributed by atoms with Crippen LogP contribution in [0.25, 0.3) is 0 Å². The van der Waals surface area contributed by atoms with Crippen LogP contribution in [0.1, 0.15) is 12.0 Å². The van der Waals surface area contributed by atoms with Crippen LogP contribution >= 0.6 is 0 Å². The van der Waals surface area contributed by atoms with E-state index in [4.69, 9.17) is 5.73 Å². The maximum absolute atomic E-state index is 12.6. The Morgan fingerprint density at radius 3 is 2.56 bits per heavy atom. The summed E-state index contributed by atoms with van der Waals surface area (Å²) in [7, 11) is -4.64. The van der Waals surface area contributed by atoms with Gasteiger partial charge in [0.1, 0.15) is 0 Å². The van der Waals surface area contributed by atoms with E-state index in [1.807, 2.05) is 0 Å². The third-order valence-corrected chi connectivity index (χ3v) is 3.85. The number of benzene rings is 1. The van der Waals surface area contributed by atoms with E-state index in [9.17, 15) is 17.2 Å². The molecule has 4 nitrogen and oxygen atoms in total. The van der Waals surface area contributed by atoms with Crippen molar-refractivity contribution in [2.75, 3.05) is 17.4 Å². The third kappa shape index (κ3) is 3.39. The number of hydrogen-bond acceptors (Lipinski definition) is 3. The monoisotopic (exact) mass is 278 g/mol.